The molecule has 0 aliphatic carbocycles. The van der Waals surface area contributed by atoms with Gasteiger partial charge in [0.1, 0.15) is 0 Å². The molecule has 0 radical (unpaired) electrons. The van der Waals surface area contributed by atoms with Crippen LogP contribution in [0.25, 0.3) is 0 Å². The van der Waals surface area contributed by atoms with Crippen LogP contribution in [0.2, 0.25) is 5.02 Å². The highest BCUT2D eigenvalue weighted by molar-refractivity contribution is 7.98. The molecule has 5 nitrogen and oxygen atoms in total. The lowest BCUT2D eigenvalue weighted by Gasteiger charge is -2.11. The van der Waals surface area contributed by atoms with Crippen LogP contribution in [0.15, 0.2) is 64.9 Å². The average molecular weight is 461 g/mol. The highest BCUT2D eigenvalue weighted by Gasteiger charge is 2.14. The van der Waals surface area contributed by atoms with E-state index in [1.54, 1.807) is 54.5 Å². The van der Waals surface area contributed by atoms with Gasteiger partial charge < -0.3 is 15.4 Å². The van der Waals surface area contributed by atoms with Crippen molar-refractivity contribution in [3.05, 3.63) is 81.0 Å². The van der Waals surface area contributed by atoms with E-state index in [1.807, 2.05) is 29.6 Å². The van der Waals surface area contributed by atoms with E-state index >= 15 is 0 Å². The second kappa shape index (κ2) is 11.2. The number of carbonyl (C=O) groups excluding carboxylic acids is 2. The number of rotatable bonds is 9. The molecule has 0 unspecified atom stereocenters. The van der Waals surface area contributed by atoms with Crippen LogP contribution in [0.3, 0.4) is 0 Å². The largest absolute Gasteiger partial charge is 0.383 e. The van der Waals surface area contributed by atoms with Crippen LogP contribution in [0.4, 0.5) is 5.69 Å². The van der Waals surface area contributed by atoms with E-state index in [0.717, 1.165) is 10.6 Å². The SMILES string of the molecule is COCCNC(=O)c1ccc(NC(=O)c2ccccc2SCc2cccs2)cc1Cl. The molecule has 0 atom stereocenters. The van der Waals surface area contributed by atoms with E-state index in [2.05, 4.69) is 16.7 Å². The summed E-state index contributed by atoms with van der Waals surface area (Å²) in [4.78, 5) is 27.2. The van der Waals surface area contributed by atoms with Gasteiger partial charge in [0, 0.05) is 34.9 Å². The molecular formula is C22H21ClN2O3S2. The number of benzene rings is 2. The van der Waals surface area contributed by atoms with Crippen LogP contribution < -0.4 is 10.6 Å². The first-order valence-corrected chi connectivity index (χ1v) is 11.4. The highest BCUT2D eigenvalue weighted by Crippen LogP contribution is 2.29. The summed E-state index contributed by atoms with van der Waals surface area (Å²) in [5, 5.41) is 7.90. The van der Waals surface area contributed by atoms with Gasteiger partial charge in [0.05, 0.1) is 22.8 Å². The van der Waals surface area contributed by atoms with Crippen molar-refractivity contribution in [3.8, 4) is 0 Å². The molecule has 8 heteroatoms. The average Bonchev–Trinajstić information content (AvgIpc) is 3.26. The molecule has 2 aromatic carbocycles. The van der Waals surface area contributed by atoms with Gasteiger partial charge in [-0.2, -0.15) is 0 Å². The molecule has 0 aliphatic rings. The Balaban J connectivity index is 1.67. The highest BCUT2D eigenvalue weighted by atomic mass is 35.5. The van der Waals surface area contributed by atoms with Crippen LogP contribution in [-0.4, -0.2) is 32.1 Å². The molecule has 30 heavy (non-hydrogen) atoms. The van der Waals surface area contributed by atoms with Crippen molar-refractivity contribution in [1.82, 2.24) is 5.32 Å². The van der Waals surface area contributed by atoms with Crippen molar-refractivity contribution in [1.29, 1.82) is 0 Å². The number of methoxy groups -OCH3 is 1. The molecule has 0 spiro atoms. The molecule has 0 bridgehead atoms. The van der Waals surface area contributed by atoms with Gasteiger partial charge in [-0.15, -0.1) is 23.1 Å². The van der Waals surface area contributed by atoms with Gasteiger partial charge in [0.2, 0.25) is 0 Å². The van der Waals surface area contributed by atoms with Crippen LogP contribution in [0.1, 0.15) is 25.6 Å². The number of carbonyl (C=O) groups is 2. The third kappa shape index (κ3) is 6.09. The summed E-state index contributed by atoms with van der Waals surface area (Å²) in [5.41, 5.74) is 1.46. The predicted octanol–water partition coefficient (Wildman–Crippen LogP) is 5.32. The summed E-state index contributed by atoms with van der Waals surface area (Å²) in [6.07, 6.45) is 0. The summed E-state index contributed by atoms with van der Waals surface area (Å²) in [7, 11) is 1.56. The number of ether oxygens (including phenoxy) is 1. The Morgan fingerprint density at radius 1 is 1.07 bits per heavy atom. The van der Waals surface area contributed by atoms with E-state index in [4.69, 9.17) is 16.3 Å². The topological polar surface area (TPSA) is 67.4 Å². The number of anilines is 1. The molecule has 0 aliphatic heterocycles. The molecule has 0 fully saturated rings. The summed E-state index contributed by atoms with van der Waals surface area (Å²) in [6, 6.07) is 16.4. The fraction of sp³-hybridized carbons (Fsp3) is 0.182. The van der Waals surface area contributed by atoms with Crippen LogP contribution >= 0.6 is 34.7 Å². The van der Waals surface area contributed by atoms with Crippen molar-refractivity contribution < 1.29 is 14.3 Å². The fourth-order valence-corrected chi connectivity index (χ4v) is 4.75. The maximum Gasteiger partial charge on any atom is 0.256 e. The first-order chi connectivity index (χ1) is 14.6. The molecule has 1 aromatic heterocycles. The quantitative estimate of drug-likeness (QED) is 0.335. The van der Waals surface area contributed by atoms with Crippen LogP contribution in [0.5, 0.6) is 0 Å². The lowest BCUT2D eigenvalue weighted by atomic mass is 10.1. The molecule has 0 saturated heterocycles. The molecule has 3 rings (SSSR count). The van der Waals surface area contributed by atoms with Crippen LogP contribution in [0, 0.1) is 0 Å². The summed E-state index contributed by atoms with van der Waals surface area (Å²) in [6.45, 7) is 0.811. The predicted molar refractivity (Wildman–Crippen MR) is 124 cm³/mol. The number of thioether (sulfide) groups is 1. The number of amides is 2. The summed E-state index contributed by atoms with van der Waals surface area (Å²) < 4.78 is 4.91. The number of thiophene rings is 1. The number of hydrogen-bond acceptors (Lipinski definition) is 5. The maximum atomic E-state index is 12.8. The zero-order valence-corrected chi connectivity index (χ0v) is 18.7. The molecule has 2 amide bonds. The normalized spacial score (nSPS) is 10.6. The van der Waals surface area contributed by atoms with Gasteiger partial charge in [-0.05, 0) is 41.8 Å². The van der Waals surface area contributed by atoms with Crippen molar-refractivity contribution >= 4 is 52.2 Å². The molecular weight excluding hydrogens is 440 g/mol. The second-order valence-corrected chi connectivity index (χ2v) is 8.72. The number of nitrogens with one attached hydrogen (secondary N) is 2. The molecule has 0 saturated carbocycles. The Morgan fingerprint density at radius 3 is 2.63 bits per heavy atom. The third-order valence-electron chi connectivity index (χ3n) is 4.15. The molecule has 1 heterocycles. The standard InChI is InChI=1S/C22H21ClN2O3S2/c1-28-11-10-24-21(26)17-9-8-15(13-19(17)23)25-22(27)18-6-2-3-7-20(18)30-14-16-5-4-12-29-16/h2-9,12-13H,10-11,14H2,1H3,(H,24,26)(H,25,27). The van der Waals surface area contributed by atoms with Gasteiger partial charge in [-0.25, -0.2) is 0 Å². The van der Waals surface area contributed by atoms with Crippen molar-refractivity contribution in [2.75, 3.05) is 25.6 Å². The summed E-state index contributed by atoms with van der Waals surface area (Å²) in [5.74, 6) is 0.295. The van der Waals surface area contributed by atoms with E-state index in [9.17, 15) is 9.59 Å². The Bertz CT molecular complexity index is 1010. The Morgan fingerprint density at radius 2 is 1.90 bits per heavy atom. The first kappa shape index (κ1) is 22.4. The minimum absolute atomic E-state index is 0.224. The van der Waals surface area contributed by atoms with Gasteiger partial charge in [-0.1, -0.05) is 29.8 Å². The van der Waals surface area contributed by atoms with Crippen molar-refractivity contribution in [2.24, 2.45) is 0 Å². The fourth-order valence-electron chi connectivity index (χ4n) is 2.66. The summed E-state index contributed by atoms with van der Waals surface area (Å²) >= 11 is 9.58. The zero-order valence-electron chi connectivity index (χ0n) is 16.3. The Labute approximate surface area is 188 Å². The lowest BCUT2D eigenvalue weighted by Crippen LogP contribution is -2.27. The molecule has 2 N–H and O–H groups in total. The van der Waals surface area contributed by atoms with Crippen LogP contribution in [-0.2, 0) is 10.5 Å². The third-order valence-corrected chi connectivity index (χ3v) is 6.64. The minimum atomic E-state index is -0.287. The molecule has 3 aromatic rings. The van der Waals surface area contributed by atoms with Crippen molar-refractivity contribution in [2.45, 2.75) is 10.6 Å². The van der Waals surface area contributed by atoms with E-state index in [1.165, 1.54) is 4.88 Å². The Hall–Kier alpha value is -2.32. The van der Waals surface area contributed by atoms with E-state index < -0.39 is 0 Å². The Kier molecular flexibility index (Phi) is 8.33. The number of halogens is 1. The maximum absolute atomic E-state index is 12.8. The van der Waals surface area contributed by atoms with Gasteiger partial charge in [-0.3, -0.25) is 9.59 Å². The number of hydrogen-bond donors (Lipinski definition) is 2. The van der Waals surface area contributed by atoms with E-state index in [-0.39, 0.29) is 16.8 Å². The lowest BCUT2D eigenvalue weighted by molar-refractivity contribution is 0.0936. The minimum Gasteiger partial charge on any atom is -0.383 e. The molecule has 156 valence electrons. The van der Waals surface area contributed by atoms with E-state index in [0.29, 0.717) is 30.0 Å². The monoisotopic (exact) mass is 460 g/mol. The smallest absolute Gasteiger partial charge is 0.256 e. The zero-order chi connectivity index (χ0) is 21.3. The first-order valence-electron chi connectivity index (χ1n) is 9.20. The van der Waals surface area contributed by atoms with Gasteiger partial charge in [0.25, 0.3) is 11.8 Å². The van der Waals surface area contributed by atoms with Crippen molar-refractivity contribution in [3.63, 3.8) is 0 Å². The second-order valence-electron chi connectivity index (χ2n) is 6.26. The van der Waals surface area contributed by atoms with Gasteiger partial charge >= 0.3 is 0 Å². The van der Waals surface area contributed by atoms with Gasteiger partial charge in [0.15, 0.2) is 0 Å².